The molecular weight excluding hydrogens is 426 g/mol. The van der Waals surface area contributed by atoms with Crippen molar-refractivity contribution in [1.82, 2.24) is 9.88 Å². The smallest absolute Gasteiger partial charge is 0.306 e. The Morgan fingerprint density at radius 3 is 2.56 bits per heavy atom. The molecule has 4 aromatic rings. The van der Waals surface area contributed by atoms with Crippen molar-refractivity contribution in [2.45, 2.75) is 39.8 Å². The van der Waals surface area contributed by atoms with Gasteiger partial charge in [0.15, 0.2) is 0 Å². The standard InChI is InChI=1S/C28H31N3O3/c1-20-13-14-24-27(30-34-18-15-26(32)33)23-11-6-7-12-25(23)31(28(24)21(20)2)17-8-16-29-19-22-9-4-3-5-10-22/h3-7,9-14,29H,8,15-19H2,1-2H3,(H,32,33)/b30-27+. The van der Waals surface area contributed by atoms with Gasteiger partial charge >= 0.3 is 5.97 Å². The number of nitrogens with zero attached hydrogens (tertiary/aromatic N) is 2. The Balaban J connectivity index is 1.68. The van der Waals surface area contributed by atoms with Gasteiger partial charge in [0.25, 0.3) is 0 Å². The van der Waals surface area contributed by atoms with Gasteiger partial charge in [0.2, 0.25) is 0 Å². The van der Waals surface area contributed by atoms with Crippen molar-refractivity contribution in [2.24, 2.45) is 5.16 Å². The molecule has 0 fully saturated rings. The number of aryl methyl sites for hydroxylation is 3. The van der Waals surface area contributed by atoms with Crippen molar-refractivity contribution in [3.63, 3.8) is 0 Å². The third-order valence-corrected chi connectivity index (χ3v) is 6.15. The van der Waals surface area contributed by atoms with Crippen LogP contribution in [-0.2, 0) is 22.7 Å². The Morgan fingerprint density at radius 2 is 1.76 bits per heavy atom. The van der Waals surface area contributed by atoms with Crippen molar-refractivity contribution < 1.29 is 14.7 Å². The topological polar surface area (TPSA) is 75.8 Å². The molecule has 0 saturated carbocycles. The van der Waals surface area contributed by atoms with Crippen LogP contribution in [0.3, 0.4) is 0 Å². The molecule has 0 atom stereocenters. The van der Waals surface area contributed by atoms with Gasteiger partial charge in [0.05, 0.1) is 17.5 Å². The Morgan fingerprint density at radius 1 is 1.00 bits per heavy atom. The second-order valence-electron chi connectivity index (χ2n) is 8.51. The molecule has 0 aliphatic heterocycles. The number of carboxylic acids is 1. The molecule has 0 aliphatic carbocycles. The maximum absolute atomic E-state index is 10.9. The lowest BCUT2D eigenvalue weighted by molar-refractivity contribution is -0.138. The van der Waals surface area contributed by atoms with Crippen LogP contribution < -0.4 is 10.7 Å². The fraction of sp³-hybridized carbons (Fsp3) is 0.286. The second-order valence-corrected chi connectivity index (χ2v) is 8.51. The van der Waals surface area contributed by atoms with Crippen LogP contribution in [0, 0.1) is 13.8 Å². The molecule has 0 amide bonds. The van der Waals surface area contributed by atoms with Gasteiger partial charge in [-0.25, -0.2) is 0 Å². The van der Waals surface area contributed by atoms with Gasteiger partial charge in [-0.3, -0.25) is 4.79 Å². The highest BCUT2D eigenvalue weighted by Crippen LogP contribution is 2.25. The highest BCUT2D eigenvalue weighted by Gasteiger charge is 2.13. The summed E-state index contributed by atoms with van der Waals surface area (Å²) in [6.45, 7) is 6.94. The zero-order valence-corrected chi connectivity index (χ0v) is 19.8. The van der Waals surface area contributed by atoms with Crippen LogP contribution >= 0.6 is 0 Å². The Kier molecular flexibility index (Phi) is 7.60. The summed E-state index contributed by atoms with van der Waals surface area (Å²) in [4.78, 5) is 16.3. The molecule has 0 aliphatic rings. The van der Waals surface area contributed by atoms with Crippen LogP contribution in [0.15, 0.2) is 71.9 Å². The Labute approximate surface area is 199 Å². The minimum atomic E-state index is -0.900. The van der Waals surface area contributed by atoms with E-state index >= 15 is 0 Å². The minimum absolute atomic E-state index is 0.0397. The van der Waals surface area contributed by atoms with E-state index in [2.05, 4.69) is 71.4 Å². The van der Waals surface area contributed by atoms with Crippen molar-refractivity contribution in [2.75, 3.05) is 13.2 Å². The van der Waals surface area contributed by atoms with E-state index in [1.54, 1.807) is 0 Å². The summed E-state index contributed by atoms with van der Waals surface area (Å²) >= 11 is 0. The summed E-state index contributed by atoms with van der Waals surface area (Å²) in [6, 6.07) is 22.8. The molecule has 0 saturated heterocycles. The molecule has 6 nitrogen and oxygen atoms in total. The van der Waals surface area contributed by atoms with Gasteiger partial charge in [-0.2, -0.15) is 0 Å². The number of rotatable bonds is 10. The molecule has 0 spiro atoms. The lowest BCUT2D eigenvalue weighted by Crippen LogP contribution is -2.19. The maximum Gasteiger partial charge on any atom is 0.306 e. The number of aromatic nitrogens is 1. The average molecular weight is 458 g/mol. The highest BCUT2D eigenvalue weighted by atomic mass is 16.6. The van der Waals surface area contributed by atoms with E-state index in [0.717, 1.165) is 53.2 Å². The first-order chi connectivity index (χ1) is 16.6. The fourth-order valence-electron chi connectivity index (χ4n) is 4.28. The number of nitrogens with one attached hydrogen (secondary N) is 1. The van der Waals surface area contributed by atoms with Crippen molar-refractivity contribution in [1.29, 1.82) is 0 Å². The van der Waals surface area contributed by atoms with Crippen LogP contribution in [0.5, 0.6) is 0 Å². The third kappa shape index (κ3) is 5.29. The average Bonchev–Trinajstić information content (AvgIpc) is 2.85. The van der Waals surface area contributed by atoms with Gasteiger partial charge in [-0.1, -0.05) is 65.8 Å². The summed E-state index contributed by atoms with van der Waals surface area (Å²) in [6.07, 6.45) is 0.899. The minimum Gasteiger partial charge on any atom is -0.481 e. The quantitative estimate of drug-likeness (QED) is 0.202. The number of aliphatic carboxylic acids is 1. The molecule has 34 heavy (non-hydrogen) atoms. The lowest BCUT2D eigenvalue weighted by atomic mass is 10.0. The Hall–Kier alpha value is -3.64. The van der Waals surface area contributed by atoms with E-state index in [9.17, 15) is 4.79 Å². The van der Waals surface area contributed by atoms with Gasteiger partial charge in [-0.05, 0) is 49.6 Å². The predicted molar refractivity (Wildman–Crippen MR) is 135 cm³/mol. The highest BCUT2D eigenvalue weighted by molar-refractivity contribution is 5.95. The first kappa shape index (κ1) is 23.5. The van der Waals surface area contributed by atoms with Gasteiger partial charge in [0, 0.05) is 23.9 Å². The van der Waals surface area contributed by atoms with Crippen LogP contribution in [0.1, 0.15) is 29.5 Å². The third-order valence-electron chi connectivity index (χ3n) is 6.15. The van der Waals surface area contributed by atoms with E-state index in [1.165, 1.54) is 16.7 Å². The van der Waals surface area contributed by atoms with Crippen molar-refractivity contribution >= 4 is 27.8 Å². The number of para-hydroxylation sites is 1. The molecule has 2 N–H and O–H groups in total. The van der Waals surface area contributed by atoms with E-state index < -0.39 is 5.97 Å². The number of benzene rings is 3. The number of carboxylic acid groups (broad SMARTS) is 1. The molecule has 1 aromatic heterocycles. The van der Waals surface area contributed by atoms with Crippen LogP contribution in [-0.4, -0.2) is 28.8 Å². The van der Waals surface area contributed by atoms with E-state index in [1.807, 2.05) is 24.3 Å². The molecule has 1 heterocycles. The first-order valence-electron chi connectivity index (χ1n) is 11.7. The lowest BCUT2D eigenvalue weighted by Gasteiger charge is -2.19. The number of carbonyl (C=O) groups is 1. The number of fused-ring (bicyclic) bond motifs is 2. The molecule has 6 heteroatoms. The molecular formula is C28H31N3O3. The summed E-state index contributed by atoms with van der Waals surface area (Å²) in [7, 11) is 0. The summed E-state index contributed by atoms with van der Waals surface area (Å²) in [5.74, 6) is -0.900. The normalized spacial score (nSPS) is 11.9. The summed E-state index contributed by atoms with van der Waals surface area (Å²) in [5, 5.41) is 19.6. The van der Waals surface area contributed by atoms with Gasteiger partial charge in [0.1, 0.15) is 12.0 Å². The summed E-state index contributed by atoms with van der Waals surface area (Å²) < 4.78 is 2.38. The monoisotopic (exact) mass is 457 g/mol. The Bertz CT molecular complexity index is 1360. The predicted octanol–water partition coefficient (Wildman–Crippen LogP) is 4.90. The number of pyridine rings is 1. The zero-order valence-electron chi connectivity index (χ0n) is 19.8. The van der Waals surface area contributed by atoms with Crippen molar-refractivity contribution in [3.05, 3.63) is 88.8 Å². The van der Waals surface area contributed by atoms with Gasteiger partial charge < -0.3 is 19.8 Å². The second kappa shape index (κ2) is 11.0. The number of hydrogen-bond acceptors (Lipinski definition) is 4. The first-order valence-corrected chi connectivity index (χ1v) is 11.7. The van der Waals surface area contributed by atoms with Crippen molar-refractivity contribution in [3.8, 4) is 0 Å². The summed E-state index contributed by atoms with van der Waals surface area (Å²) in [5.41, 5.74) is 5.94. The molecule has 176 valence electrons. The van der Waals surface area contributed by atoms with Crippen LogP contribution in [0.2, 0.25) is 0 Å². The largest absolute Gasteiger partial charge is 0.481 e. The molecule has 4 rings (SSSR count). The number of hydrogen-bond donors (Lipinski definition) is 2. The molecule has 0 unspecified atom stereocenters. The fourth-order valence-corrected chi connectivity index (χ4v) is 4.28. The zero-order chi connectivity index (χ0) is 23.9. The maximum atomic E-state index is 10.9. The SMILES string of the molecule is Cc1ccc2/c(=N/OCCC(=O)O)c3ccccc3n(CCCNCc3ccccc3)c2c1C. The van der Waals surface area contributed by atoms with Crippen LogP contribution in [0.4, 0.5) is 0 Å². The van der Waals surface area contributed by atoms with E-state index in [-0.39, 0.29) is 13.0 Å². The molecule has 3 aromatic carbocycles. The van der Waals surface area contributed by atoms with E-state index in [4.69, 9.17) is 9.94 Å². The molecule has 0 radical (unpaired) electrons. The van der Waals surface area contributed by atoms with Gasteiger partial charge in [-0.15, -0.1) is 0 Å². The van der Waals surface area contributed by atoms with Crippen LogP contribution in [0.25, 0.3) is 21.8 Å². The van der Waals surface area contributed by atoms with E-state index in [0.29, 0.717) is 0 Å². The molecule has 0 bridgehead atoms.